The molecule has 6 rings (SSSR count). The van der Waals surface area contributed by atoms with Crippen molar-refractivity contribution in [3.05, 3.63) is 95.7 Å². The molecule has 1 saturated heterocycles. The normalized spacial score (nSPS) is 14.6. The largest absolute Gasteiger partial charge is 0.454 e. The molecular formula is C33H31N5O4. The molecule has 4 aromatic rings. The average Bonchev–Trinajstić information content (AvgIpc) is 3.39. The first kappa shape index (κ1) is 27.1. The molecule has 0 aliphatic carbocycles. The number of para-hydroxylation sites is 1. The van der Waals surface area contributed by atoms with Crippen molar-refractivity contribution in [1.29, 1.82) is 5.26 Å². The number of aromatic nitrogens is 1. The molecule has 2 aliphatic heterocycles. The van der Waals surface area contributed by atoms with E-state index in [0.717, 1.165) is 78.7 Å². The van der Waals surface area contributed by atoms with E-state index in [1.807, 2.05) is 55.5 Å². The quantitative estimate of drug-likeness (QED) is 0.307. The van der Waals surface area contributed by atoms with Crippen LogP contribution in [0.3, 0.4) is 0 Å². The molecule has 212 valence electrons. The topological polar surface area (TPSA) is 100.0 Å². The highest BCUT2D eigenvalue weighted by Crippen LogP contribution is 2.36. The Balaban J connectivity index is 1.04. The Morgan fingerprint density at radius 1 is 1.02 bits per heavy atom. The number of rotatable bonds is 6. The monoisotopic (exact) mass is 561 g/mol. The van der Waals surface area contributed by atoms with Crippen LogP contribution in [0.5, 0.6) is 17.2 Å². The SMILES string of the molecule is Cc1ccc(OC(=O)Nc2ccc(N3CCCN(Cc4cccc5c4OCO5)CC3)nc2)cc1-c1ccc(C#N)cc1. The minimum atomic E-state index is -0.591. The molecule has 9 heteroatoms. The van der Waals surface area contributed by atoms with E-state index in [9.17, 15) is 4.79 Å². The van der Waals surface area contributed by atoms with Gasteiger partial charge in [0.1, 0.15) is 11.6 Å². The molecule has 42 heavy (non-hydrogen) atoms. The summed E-state index contributed by atoms with van der Waals surface area (Å²) in [6.07, 6.45) is 2.08. The molecule has 3 heterocycles. The molecule has 0 radical (unpaired) electrons. The van der Waals surface area contributed by atoms with Gasteiger partial charge in [-0.2, -0.15) is 5.26 Å². The summed E-state index contributed by atoms with van der Waals surface area (Å²) in [6.45, 7) is 6.72. The zero-order valence-corrected chi connectivity index (χ0v) is 23.4. The second-order valence-electron chi connectivity index (χ2n) is 10.4. The fourth-order valence-electron chi connectivity index (χ4n) is 5.31. The maximum absolute atomic E-state index is 12.7. The molecule has 0 unspecified atom stereocenters. The molecule has 3 aromatic carbocycles. The first-order valence-corrected chi connectivity index (χ1v) is 14.0. The zero-order chi connectivity index (χ0) is 28.9. The van der Waals surface area contributed by atoms with Crippen molar-refractivity contribution < 1.29 is 19.0 Å². The van der Waals surface area contributed by atoms with Gasteiger partial charge < -0.3 is 19.1 Å². The van der Waals surface area contributed by atoms with Gasteiger partial charge in [-0.3, -0.25) is 10.2 Å². The predicted molar refractivity (Wildman–Crippen MR) is 160 cm³/mol. The molecule has 0 bridgehead atoms. The summed E-state index contributed by atoms with van der Waals surface area (Å²) in [7, 11) is 0. The van der Waals surface area contributed by atoms with E-state index in [0.29, 0.717) is 17.0 Å². The van der Waals surface area contributed by atoms with Crippen molar-refractivity contribution in [3.63, 3.8) is 0 Å². The number of nitriles is 1. The van der Waals surface area contributed by atoms with Crippen LogP contribution in [-0.2, 0) is 6.54 Å². The Kier molecular flexibility index (Phi) is 7.88. The van der Waals surface area contributed by atoms with Crippen LogP contribution in [0.2, 0.25) is 0 Å². The van der Waals surface area contributed by atoms with E-state index in [4.69, 9.17) is 19.5 Å². The fraction of sp³-hybridized carbons (Fsp3) is 0.242. The number of fused-ring (bicyclic) bond motifs is 1. The van der Waals surface area contributed by atoms with E-state index in [-0.39, 0.29) is 6.79 Å². The van der Waals surface area contributed by atoms with Crippen molar-refractivity contribution in [2.24, 2.45) is 0 Å². The maximum atomic E-state index is 12.7. The number of carbonyl (C=O) groups is 1. The van der Waals surface area contributed by atoms with Crippen molar-refractivity contribution >= 4 is 17.6 Å². The first-order chi connectivity index (χ1) is 20.6. The van der Waals surface area contributed by atoms with Gasteiger partial charge in [-0.05, 0) is 72.5 Å². The highest BCUT2D eigenvalue weighted by Gasteiger charge is 2.21. The van der Waals surface area contributed by atoms with Crippen molar-refractivity contribution in [1.82, 2.24) is 9.88 Å². The van der Waals surface area contributed by atoms with Crippen LogP contribution >= 0.6 is 0 Å². The number of ether oxygens (including phenoxy) is 3. The Labute approximate surface area is 244 Å². The number of anilines is 2. The van der Waals surface area contributed by atoms with Gasteiger partial charge in [0.25, 0.3) is 0 Å². The molecule has 9 nitrogen and oxygen atoms in total. The lowest BCUT2D eigenvalue weighted by Crippen LogP contribution is -2.31. The molecule has 0 atom stereocenters. The molecule has 1 amide bonds. The number of benzene rings is 3. The number of carbonyl (C=O) groups excluding carboxylic acids is 1. The number of nitrogens with zero attached hydrogens (tertiary/aromatic N) is 4. The highest BCUT2D eigenvalue weighted by molar-refractivity contribution is 5.86. The molecule has 1 fully saturated rings. The summed E-state index contributed by atoms with van der Waals surface area (Å²) in [5.74, 6) is 2.97. The first-order valence-electron chi connectivity index (χ1n) is 14.0. The van der Waals surface area contributed by atoms with Crippen LogP contribution in [0, 0.1) is 18.3 Å². The Hall–Kier alpha value is -5.07. The maximum Gasteiger partial charge on any atom is 0.417 e. The van der Waals surface area contributed by atoms with Gasteiger partial charge in [0.05, 0.1) is 23.5 Å². The number of hydrogen-bond donors (Lipinski definition) is 1. The van der Waals surface area contributed by atoms with Crippen LogP contribution in [0.25, 0.3) is 11.1 Å². The van der Waals surface area contributed by atoms with Crippen molar-refractivity contribution in [3.8, 4) is 34.4 Å². The van der Waals surface area contributed by atoms with Gasteiger partial charge in [-0.1, -0.05) is 30.3 Å². The summed E-state index contributed by atoms with van der Waals surface area (Å²) >= 11 is 0. The number of amides is 1. The third-order valence-electron chi connectivity index (χ3n) is 7.52. The summed E-state index contributed by atoms with van der Waals surface area (Å²) in [6, 6.07) is 24.8. The smallest absolute Gasteiger partial charge is 0.417 e. The Bertz CT molecular complexity index is 1620. The number of pyridine rings is 1. The fourth-order valence-corrected chi connectivity index (χ4v) is 5.31. The van der Waals surface area contributed by atoms with Crippen LogP contribution in [0.4, 0.5) is 16.3 Å². The Morgan fingerprint density at radius 2 is 1.90 bits per heavy atom. The summed E-state index contributed by atoms with van der Waals surface area (Å²) in [4.78, 5) is 22.0. The number of aryl methyl sites for hydroxylation is 1. The van der Waals surface area contributed by atoms with E-state index in [2.05, 4.69) is 32.2 Å². The molecular weight excluding hydrogens is 530 g/mol. The Morgan fingerprint density at radius 3 is 2.71 bits per heavy atom. The minimum absolute atomic E-state index is 0.279. The van der Waals surface area contributed by atoms with Gasteiger partial charge in [0, 0.05) is 38.3 Å². The van der Waals surface area contributed by atoms with Crippen molar-refractivity contribution in [2.75, 3.05) is 43.2 Å². The van der Waals surface area contributed by atoms with Gasteiger partial charge >= 0.3 is 6.09 Å². The number of hydrogen-bond acceptors (Lipinski definition) is 8. The van der Waals surface area contributed by atoms with Gasteiger partial charge in [0.2, 0.25) is 6.79 Å². The molecule has 2 aliphatic rings. The third kappa shape index (κ3) is 6.14. The molecule has 1 N–H and O–H groups in total. The van der Waals surface area contributed by atoms with Crippen LogP contribution in [0.1, 0.15) is 23.1 Å². The van der Waals surface area contributed by atoms with Crippen LogP contribution < -0.4 is 24.4 Å². The zero-order valence-electron chi connectivity index (χ0n) is 23.4. The highest BCUT2D eigenvalue weighted by atomic mass is 16.7. The van der Waals surface area contributed by atoms with E-state index >= 15 is 0 Å². The minimum Gasteiger partial charge on any atom is -0.454 e. The van der Waals surface area contributed by atoms with E-state index < -0.39 is 6.09 Å². The third-order valence-corrected chi connectivity index (χ3v) is 7.52. The van der Waals surface area contributed by atoms with Gasteiger partial charge in [0.15, 0.2) is 11.5 Å². The standard InChI is InChI=1S/C33H31N5O4/c1-23-6-12-28(18-29(23)25-9-7-24(19-34)8-10-25)42-33(39)36-27-11-13-31(35-20-27)38-15-3-14-37(16-17-38)21-26-4-2-5-30-32(26)41-22-40-30/h2,4-13,18,20H,3,14-17,21-22H2,1H3,(H,36,39). The van der Waals surface area contributed by atoms with Crippen molar-refractivity contribution in [2.45, 2.75) is 19.9 Å². The van der Waals surface area contributed by atoms with Crippen LogP contribution in [0.15, 0.2) is 79.0 Å². The van der Waals surface area contributed by atoms with E-state index in [1.54, 1.807) is 24.4 Å². The lowest BCUT2D eigenvalue weighted by Gasteiger charge is -2.23. The van der Waals surface area contributed by atoms with Gasteiger partial charge in [-0.15, -0.1) is 0 Å². The lowest BCUT2D eigenvalue weighted by atomic mass is 9.99. The lowest BCUT2D eigenvalue weighted by molar-refractivity contribution is 0.172. The summed E-state index contributed by atoms with van der Waals surface area (Å²) in [5.41, 5.74) is 5.21. The second kappa shape index (κ2) is 12.2. The number of nitrogens with one attached hydrogen (secondary N) is 1. The molecule has 0 saturated carbocycles. The van der Waals surface area contributed by atoms with Gasteiger partial charge in [-0.25, -0.2) is 9.78 Å². The summed E-state index contributed by atoms with van der Waals surface area (Å²) < 4.78 is 16.8. The predicted octanol–water partition coefficient (Wildman–Crippen LogP) is 5.98. The average molecular weight is 562 g/mol. The van der Waals surface area contributed by atoms with Crippen LogP contribution in [-0.4, -0.2) is 48.9 Å². The molecule has 0 spiro atoms. The second-order valence-corrected chi connectivity index (χ2v) is 10.4. The molecule has 1 aromatic heterocycles. The van der Waals surface area contributed by atoms with E-state index in [1.165, 1.54) is 0 Å². The summed E-state index contributed by atoms with van der Waals surface area (Å²) in [5, 5.41) is 11.8.